The number of hydrogen-bond donors (Lipinski definition) is 1. The van der Waals surface area contributed by atoms with Crippen LogP contribution in [0.4, 0.5) is 0 Å². The zero-order valence-corrected chi connectivity index (χ0v) is 12.6. The van der Waals surface area contributed by atoms with E-state index in [0.29, 0.717) is 10.9 Å². The van der Waals surface area contributed by atoms with Crippen LogP contribution in [0.1, 0.15) is 11.7 Å². The van der Waals surface area contributed by atoms with Gasteiger partial charge in [0.2, 0.25) is 0 Å². The summed E-state index contributed by atoms with van der Waals surface area (Å²) in [5, 5.41) is 14.8. The lowest BCUT2D eigenvalue weighted by Gasteiger charge is -2.12. The topological polar surface area (TPSA) is 68.0 Å². The van der Waals surface area contributed by atoms with Crippen molar-refractivity contribution in [2.24, 2.45) is 0 Å². The predicted octanol–water partition coefficient (Wildman–Crippen LogP) is 2.29. The van der Waals surface area contributed by atoms with E-state index in [0.717, 1.165) is 10.0 Å². The van der Waals surface area contributed by atoms with Crippen LogP contribution in [0.2, 0.25) is 0 Å². The number of halogens is 1. The average Bonchev–Trinajstić information content (AvgIpc) is 2.51. The molecule has 2 heterocycles. The Morgan fingerprint density at radius 3 is 2.76 bits per heavy atom. The molecule has 3 aromatic rings. The number of hydrogen-bond acceptors (Lipinski definition) is 4. The van der Waals surface area contributed by atoms with E-state index < -0.39 is 6.10 Å². The van der Waals surface area contributed by atoms with Crippen molar-refractivity contribution in [2.45, 2.75) is 12.6 Å². The molecule has 0 fully saturated rings. The van der Waals surface area contributed by atoms with Crippen LogP contribution >= 0.6 is 15.9 Å². The van der Waals surface area contributed by atoms with Gasteiger partial charge in [0.1, 0.15) is 0 Å². The number of aromatic nitrogens is 3. The summed E-state index contributed by atoms with van der Waals surface area (Å²) in [6.45, 7) is 0.102. The zero-order valence-electron chi connectivity index (χ0n) is 11.0. The fourth-order valence-electron chi connectivity index (χ4n) is 2.10. The summed E-state index contributed by atoms with van der Waals surface area (Å²) in [7, 11) is 0. The third-order valence-electron chi connectivity index (χ3n) is 3.22. The molecule has 0 aliphatic rings. The molecule has 0 unspecified atom stereocenters. The highest BCUT2D eigenvalue weighted by Crippen LogP contribution is 2.17. The van der Waals surface area contributed by atoms with Gasteiger partial charge in [0.25, 0.3) is 5.56 Å². The van der Waals surface area contributed by atoms with E-state index in [1.807, 2.05) is 24.3 Å². The predicted molar refractivity (Wildman–Crippen MR) is 82.9 cm³/mol. The highest BCUT2D eigenvalue weighted by molar-refractivity contribution is 9.10. The number of fused-ring (bicyclic) bond motifs is 1. The molecule has 0 aliphatic heterocycles. The smallest absolute Gasteiger partial charge is 0.276 e. The summed E-state index contributed by atoms with van der Waals surface area (Å²) in [6, 6.07) is 10.7. The van der Waals surface area contributed by atoms with E-state index in [2.05, 4.69) is 26.0 Å². The molecule has 1 N–H and O–H groups in total. The quantitative estimate of drug-likeness (QED) is 0.790. The third-order valence-corrected chi connectivity index (χ3v) is 3.75. The summed E-state index contributed by atoms with van der Waals surface area (Å²) in [6.07, 6.45) is 2.35. The second-order valence-corrected chi connectivity index (χ2v) is 5.55. The van der Waals surface area contributed by atoms with Crippen LogP contribution in [0.15, 0.2) is 58.1 Å². The van der Waals surface area contributed by atoms with Crippen molar-refractivity contribution in [2.75, 3.05) is 0 Å². The summed E-state index contributed by atoms with van der Waals surface area (Å²) in [4.78, 5) is 16.4. The fourth-order valence-corrected chi connectivity index (χ4v) is 2.37. The van der Waals surface area contributed by atoms with Gasteiger partial charge in [-0.15, -0.1) is 0 Å². The van der Waals surface area contributed by atoms with Crippen molar-refractivity contribution in [1.29, 1.82) is 0 Å². The van der Waals surface area contributed by atoms with Gasteiger partial charge in [0.05, 0.1) is 29.7 Å². The molecule has 2 aromatic heterocycles. The first-order valence-corrected chi connectivity index (χ1v) is 7.19. The van der Waals surface area contributed by atoms with Gasteiger partial charge in [-0.1, -0.05) is 28.1 Å². The average molecular weight is 346 g/mol. The molecule has 21 heavy (non-hydrogen) atoms. The third kappa shape index (κ3) is 2.86. The Morgan fingerprint density at radius 2 is 2.00 bits per heavy atom. The van der Waals surface area contributed by atoms with Crippen LogP contribution in [0.25, 0.3) is 10.9 Å². The molecule has 1 aromatic carbocycles. The Morgan fingerprint density at radius 1 is 1.24 bits per heavy atom. The molecule has 1 atom stereocenters. The molecule has 106 valence electrons. The Bertz CT molecular complexity index is 830. The Labute approximate surface area is 129 Å². The Kier molecular flexibility index (Phi) is 3.81. The molecular formula is C15H12BrN3O2. The summed E-state index contributed by atoms with van der Waals surface area (Å²) in [5.74, 6) is 0. The van der Waals surface area contributed by atoms with Gasteiger partial charge in [-0.25, -0.2) is 4.68 Å². The molecule has 0 saturated heterocycles. The number of benzene rings is 1. The largest absolute Gasteiger partial charge is 0.386 e. The van der Waals surface area contributed by atoms with Gasteiger partial charge in [-0.3, -0.25) is 9.78 Å². The monoisotopic (exact) mass is 345 g/mol. The lowest BCUT2D eigenvalue weighted by Crippen LogP contribution is -2.25. The maximum atomic E-state index is 12.3. The van der Waals surface area contributed by atoms with Crippen molar-refractivity contribution < 1.29 is 5.11 Å². The highest BCUT2D eigenvalue weighted by Gasteiger charge is 2.11. The number of aliphatic hydroxyl groups is 1. The highest BCUT2D eigenvalue weighted by atomic mass is 79.9. The summed E-state index contributed by atoms with van der Waals surface area (Å²) < 4.78 is 2.20. The first-order valence-electron chi connectivity index (χ1n) is 6.39. The van der Waals surface area contributed by atoms with Crippen LogP contribution in [-0.2, 0) is 6.54 Å². The molecule has 0 radical (unpaired) electrons. The van der Waals surface area contributed by atoms with E-state index in [1.54, 1.807) is 18.3 Å². The van der Waals surface area contributed by atoms with Crippen molar-refractivity contribution >= 4 is 26.8 Å². The van der Waals surface area contributed by atoms with E-state index >= 15 is 0 Å². The minimum atomic E-state index is -0.794. The Hall–Kier alpha value is -2.05. The van der Waals surface area contributed by atoms with Crippen molar-refractivity contribution in [1.82, 2.24) is 14.8 Å². The van der Waals surface area contributed by atoms with Crippen LogP contribution < -0.4 is 5.56 Å². The molecule has 6 heteroatoms. The fraction of sp³-hybridized carbons (Fsp3) is 0.133. The first-order chi connectivity index (χ1) is 10.1. The minimum Gasteiger partial charge on any atom is -0.386 e. The molecule has 3 rings (SSSR count). The van der Waals surface area contributed by atoms with Gasteiger partial charge in [-0.05, 0) is 29.8 Å². The van der Waals surface area contributed by atoms with Gasteiger partial charge in [0, 0.05) is 10.7 Å². The lowest BCUT2D eigenvalue weighted by molar-refractivity contribution is 0.149. The van der Waals surface area contributed by atoms with Crippen molar-refractivity contribution in [3.05, 3.63) is 69.2 Å². The number of aliphatic hydroxyl groups excluding tert-OH is 1. The SMILES string of the molecule is O=c1c2cccnc2cnn1C[C@@H](O)c1ccc(Br)cc1. The van der Waals surface area contributed by atoms with E-state index in [-0.39, 0.29) is 12.1 Å². The standard InChI is InChI=1S/C15H12BrN3O2/c16-11-5-3-10(4-6-11)14(20)9-19-15(21)12-2-1-7-17-13(12)8-18-19/h1-8,14,20H,9H2/t14-/m1/s1. The molecule has 0 spiro atoms. The molecule has 0 saturated carbocycles. The summed E-state index contributed by atoms with van der Waals surface area (Å²) in [5.41, 5.74) is 1.03. The molecular weight excluding hydrogens is 334 g/mol. The molecule has 0 amide bonds. The number of nitrogens with zero attached hydrogens (tertiary/aromatic N) is 3. The normalized spacial score (nSPS) is 12.5. The van der Waals surface area contributed by atoms with Crippen LogP contribution in [0.5, 0.6) is 0 Å². The van der Waals surface area contributed by atoms with Crippen LogP contribution in [0.3, 0.4) is 0 Å². The van der Waals surface area contributed by atoms with Crippen LogP contribution in [-0.4, -0.2) is 19.9 Å². The van der Waals surface area contributed by atoms with E-state index in [9.17, 15) is 9.90 Å². The summed E-state index contributed by atoms with van der Waals surface area (Å²) >= 11 is 3.34. The second-order valence-electron chi connectivity index (χ2n) is 4.64. The maximum Gasteiger partial charge on any atom is 0.276 e. The minimum absolute atomic E-state index is 0.102. The molecule has 5 nitrogen and oxygen atoms in total. The van der Waals surface area contributed by atoms with Crippen molar-refractivity contribution in [3.63, 3.8) is 0 Å². The second kappa shape index (κ2) is 5.75. The van der Waals surface area contributed by atoms with E-state index in [1.165, 1.54) is 10.9 Å². The zero-order chi connectivity index (χ0) is 14.8. The lowest BCUT2D eigenvalue weighted by atomic mass is 10.1. The first kappa shape index (κ1) is 13.9. The van der Waals surface area contributed by atoms with E-state index in [4.69, 9.17) is 0 Å². The van der Waals surface area contributed by atoms with Gasteiger partial charge < -0.3 is 5.11 Å². The number of rotatable bonds is 3. The molecule has 0 aliphatic carbocycles. The maximum absolute atomic E-state index is 12.3. The molecule has 0 bridgehead atoms. The number of pyridine rings is 1. The Balaban J connectivity index is 1.93. The van der Waals surface area contributed by atoms with Crippen molar-refractivity contribution in [3.8, 4) is 0 Å². The van der Waals surface area contributed by atoms with Crippen LogP contribution in [0, 0.1) is 0 Å². The van der Waals surface area contributed by atoms with Gasteiger partial charge >= 0.3 is 0 Å². The van der Waals surface area contributed by atoms with Gasteiger partial charge in [0.15, 0.2) is 0 Å². The van der Waals surface area contributed by atoms with Gasteiger partial charge in [-0.2, -0.15) is 5.10 Å².